The number of H-pyrrole nitrogens is 1. The molecular weight excluding hydrogens is 334 g/mol. The van der Waals surface area contributed by atoms with Crippen LogP contribution in [-0.2, 0) is 6.42 Å². The Kier molecular flexibility index (Phi) is 4.46. The molecule has 2 aromatic carbocycles. The van der Waals surface area contributed by atoms with E-state index in [0.29, 0.717) is 29.8 Å². The van der Waals surface area contributed by atoms with Crippen LogP contribution in [-0.4, -0.2) is 28.5 Å². The van der Waals surface area contributed by atoms with Gasteiger partial charge in [-0.15, -0.1) is 0 Å². The monoisotopic (exact) mass is 348 g/mol. The summed E-state index contributed by atoms with van der Waals surface area (Å²) in [4.78, 5) is 17.7. The van der Waals surface area contributed by atoms with Crippen molar-refractivity contribution in [1.82, 2.24) is 9.97 Å². The molecular formula is C16H14F2N4O3. The van der Waals surface area contributed by atoms with Crippen LogP contribution in [0, 0.1) is 21.7 Å². The van der Waals surface area contributed by atoms with Crippen molar-refractivity contribution < 1.29 is 18.4 Å². The van der Waals surface area contributed by atoms with Crippen LogP contribution in [0.2, 0.25) is 0 Å². The highest BCUT2D eigenvalue weighted by molar-refractivity contribution is 5.75. The van der Waals surface area contributed by atoms with E-state index in [4.69, 9.17) is 4.74 Å². The number of imidazole rings is 1. The van der Waals surface area contributed by atoms with Gasteiger partial charge in [0.15, 0.2) is 11.6 Å². The van der Waals surface area contributed by atoms with Gasteiger partial charge >= 0.3 is 0 Å². The molecule has 7 nitrogen and oxygen atoms in total. The molecule has 0 atom stereocenters. The lowest BCUT2D eigenvalue weighted by atomic mass is 10.2. The second-order valence-corrected chi connectivity index (χ2v) is 5.28. The third-order valence-electron chi connectivity index (χ3n) is 3.64. The van der Waals surface area contributed by atoms with Gasteiger partial charge in [0.2, 0.25) is 0 Å². The summed E-state index contributed by atoms with van der Waals surface area (Å²) in [5, 5.41) is 13.9. The summed E-state index contributed by atoms with van der Waals surface area (Å²) < 4.78 is 31.6. The number of ether oxygens (including phenoxy) is 1. The van der Waals surface area contributed by atoms with Crippen LogP contribution in [0.25, 0.3) is 11.0 Å². The minimum Gasteiger partial charge on any atom is -0.494 e. The minimum absolute atomic E-state index is 0.0905. The first-order chi connectivity index (χ1) is 12.0. The molecule has 25 heavy (non-hydrogen) atoms. The molecule has 130 valence electrons. The Labute approximate surface area is 140 Å². The first kappa shape index (κ1) is 16.6. The predicted molar refractivity (Wildman–Crippen MR) is 87.9 cm³/mol. The van der Waals surface area contributed by atoms with Gasteiger partial charge in [-0.1, -0.05) is 0 Å². The number of benzene rings is 2. The standard InChI is InChI=1S/C16H14F2N4O3/c1-25-15-8-13(14(22(23)24)7-10(15)18)19-5-4-16-20-11-3-2-9(17)6-12(11)21-16/h2-3,6-8,19H,4-5H2,1H3,(H,20,21). The van der Waals surface area contributed by atoms with Crippen molar-refractivity contribution in [3.05, 3.63) is 57.9 Å². The van der Waals surface area contributed by atoms with Crippen LogP contribution < -0.4 is 10.1 Å². The second-order valence-electron chi connectivity index (χ2n) is 5.28. The molecule has 2 N–H and O–H groups in total. The molecule has 0 saturated carbocycles. The Morgan fingerprint density at radius 1 is 1.32 bits per heavy atom. The van der Waals surface area contributed by atoms with Crippen molar-refractivity contribution in [2.75, 3.05) is 19.0 Å². The molecule has 3 aromatic rings. The highest BCUT2D eigenvalue weighted by Crippen LogP contribution is 2.31. The van der Waals surface area contributed by atoms with Crippen LogP contribution >= 0.6 is 0 Å². The highest BCUT2D eigenvalue weighted by Gasteiger charge is 2.18. The van der Waals surface area contributed by atoms with Gasteiger partial charge in [0, 0.05) is 19.0 Å². The Hall–Kier alpha value is -3.23. The Morgan fingerprint density at radius 3 is 2.84 bits per heavy atom. The van der Waals surface area contributed by atoms with E-state index in [1.807, 2.05) is 0 Å². The van der Waals surface area contributed by atoms with E-state index in [1.54, 1.807) is 6.07 Å². The number of nitrogens with zero attached hydrogens (tertiary/aromatic N) is 2. The molecule has 0 aliphatic heterocycles. The number of nitrogens with one attached hydrogen (secondary N) is 2. The zero-order valence-electron chi connectivity index (χ0n) is 13.2. The maximum atomic E-state index is 13.6. The number of aromatic nitrogens is 2. The molecule has 1 aromatic heterocycles. The quantitative estimate of drug-likeness (QED) is 0.526. The van der Waals surface area contributed by atoms with Crippen molar-refractivity contribution in [2.24, 2.45) is 0 Å². The van der Waals surface area contributed by atoms with Crippen LogP contribution in [0.5, 0.6) is 5.75 Å². The zero-order chi connectivity index (χ0) is 18.0. The fraction of sp³-hybridized carbons (Fsp3) is 0.188. The van der Waals surface area contributed by atoms with E-state index in [9.17, 15) is 18.9 Å². The lowest BCUT2D eigenvalue weighted by Crippen LogP contribution is -2.08. The minimum atomic E-state index is -0.806. The van der Waals surface area contributed by atoms with E-state index in [-0.39, 0.29) is 22.9 Å². The summed E-state index contributed by atoms with van der Waals surface area (Å²) in [6.07, 6.45) is 0.410. The number of hydrogen-bond donors (Lipinski definition) is 2. The molecule has 0 radical (unpaired) electrons. The van der Waals surface area contributed by atoms with Crippen molar-refractivity contribution in [2.45, 2.75) is 6.42 Å². The summed E-state index contributed by atoms with van der Waals surface area (Å²) in [5.41, 5.74) is 0.964. The topological polar surface area (TPSA) is 93.1 Å². The first-order valence-electron chi connectivity index (χ1n) is 7.38. The van der Waals surface area contributed by atoms with Crippen LogP contribution in [0.4, 0.5) is 20.2 Å². The Balaban J connectivity index is 1.75. The molecule has 0 fully saturated rings. The van der Waals surface area contributed by atoms with Crippen molar-refractivity contribution in [3.8, 4) is 5.75 Å². The van der Waals surface area contributed by atoms with E-state index >= 15 is 0 Å². The summed E-state index contributed by atoms with van der Waals surface area (Å²) >= 11 is 0. The predicted octanol–water partition coefficient (Wildman–Crippen LogP) is 3.41. The summed E-state index contributed by atoms with van der Waals surface area (Å²) in [5.74, 6) is -0.661. The number of methoxy groups -OCH3 is 1. The van der Waals surface area contributed by atoms with Gasteiger partial charge in [-0.25, -0.2) is 13.8 Å². The van der Waals surface area contributed by atoms with Crippen LogP contribution in [0.15, 0.2) is 30.3 Å². The second kappa shape index (κ2) is 6.71. The Morgan fingerprint density at radius 2 is 2.12 bits per heavy atom. The zero-order valence-corrected chi connectivity index (χ0v) is 13.2. The largest absolute Gasteiger partial charge is 0.494 e. The normalized spacial score (nSPS) is 10.8. The van der Waals surface area contributed by atoms with Gasteiger partial charge in [-0.2, -0.15) is 0 Å². The molecule has 9 heteroatoms. The number of nitro benzene ring substituents is 1. The highest BCUT2D eigenvalue weighted by atomic mass is 19.1. The molecule has 0 saturated heterocycles. The van der Waals surface area contributed by atoms with E-state index in [2.05, 4.69) is 15.3 Å². The molecule has 0 aliphatic carbocycles. The average Bonchev–Trinajstić information content (AvgIpc) is 2.97. The number of rotatable bonds is 6. The number of nitro groups is 1. The van der Waals surface area contributed by atoms with E-state index in [1.165, 1.54) is 25.3 Å². The molecule has 0 spiro atoms. The van der Waals surface area contributed by atoms with Crippen molar-refractivity contribution in [1.29, 1.82) is 0 Å². The fourth-order valence-electron chi connectivity index (χ4n) is 2.46. The van der Waals surface area contributed by atoms with E-state index < -0.39 is 10.7 Å². The average molecular weight is 348 g/mol. The number of hydrogen-bond acceptors (Lipinski definition) is 5. The van der Waals surface area contributed by atoms with Gasteiger partial charge in [-0.3, -0.25) is 10.1 Å². The molecule has 3 rings (SSSR count). The maximum absolute atomic E-state index is 13.6. The first-order valence-corrected chi connectivity index (χ1v) is 7.38. The third kappa shape index (κ3) is 3.49. The number of fused-ring (bicyclic) bond motifs is 1. The summed E-state index contributed by atoms with van der Waals surface area (Å²) in [6, 6.07) is 6.27. The molecule has 0 amide bonds. The maximum Gasteiger partial charge on any atom is 0.295 e. The summed E-state index contributed by atoms with van der Waals surface area (Å²) in [7, 11) is 1.28. The van der Waals surface area contributed by atoms with E-state index in [0.717, 1.165) is 6.07 Å². The lowest BCUT2D eigenvalue weighted by Gasteiger charge is -2.09. The van der Waals surface area contributed by atoms with Crippen molar-refractivity contribution >= 4 is 22.4 Å². The van der Waals surface area contributed by atoms with Gasteiger partial charge in [-0.05, 0) is 18.2 Å². The van der Waals surface area contributed by atoms with Gasteiger partial charge < -0.3 is 15.0 Å². The fourth-order valence-corrected chi connectivity index (χ4v) is 2.46. The van der Waals surface area contributed by atoms with Crippen molar-refractivity contribution in [3.63, 3.8) is 0 Å². The van der Waals surface area contributed by atoms with Gasteiger partial charge in [0.05, 0.1) is 29.1 Å². The number of halogens is 2. The van der Waals surface area contributed by atoms with Crippen LogP contribution in [0.1, 0.15) is 5.82 Å². The smallest absolute Gasteiger partial charge is 0.295 e. The van der Waals surface area contributed by atoms with Gasteiger partial charge in [0.25, 0.3) is 5.69 Å². The SMILES string of the molecule is COc1cc(NCCc2nc3ccc(F)cc3[nH]2)c([N+](=O)[O-])cc1F. The third-order valence-corrected chi connectivity index (χ3v) is 3.64. The van der Waals surface area contributed by atoms with Gasteiger partial charge in [0.1, 0.15) is 17.3 Å². The molecule has 1 heterocycles. The molecule has 0 aliphatic rings. The number of anilines is 1. The summed E-state index contributed by atoms with van der Waals surface area (Å²) in [6.45, 7) is 0.304. The molecule has 0 unspecified atom stereocenters. The Bertz CT molecular complexity index is 943. The van der Waals surface area contributed by atoms with Crippen LogP contribution in [0.3, 0.4) is 0 Å². The molecule has 0 bridgehead atoms. The number of aromatic amines is 1. The lowest BCUT2D eigenvalue weighted by molar-refractivity contribution is -0.384.